The van der Waals surface area contributed by atoms with Gasteiger partial charge in [0.2, 0.25) is 5.91 Å². The number of benzene rings is 1. The average molecular weight is 236 g/mol. The molecule has 4 heteroatoms. The Kier molecular flexibility index (Phi) is 5.12. The van der Waals surface area contributed by atoms with Crippen molar-refractivity contribution in [2.75, 3.05) is 20.3 Å². The van der Waals surface area contributed by atoms with Gasteiger partial charge in [-0.1, -0.05) is 30.3 Å². The van der Waals surface area contributed by atoms with Crippen LogP contribution in [0.2, 0.25) is 0 Å². The zero-order valence-corrected chi connectivity index (χ0v) is 10.4. The fourth-order valence-corrected chi connectivity index (χ4v) is 1.89. The predicted octanol–water partition coefficient (Wildman–Crippen LogP) is 1.01. The summed E-state index contributed by atoms with van der Waals surface area (Å²) in [6.45, 7) is 3.05. The Bertz CT molecular complexity index is 354. The van der Waals surface area contributed by atoms with Gasteiger partial charge in [-0.15, -0.1) is 0 Å². The first-order chi connectivity index (χ1) is 8.17. The summed E-state index contributed by atoms with van der Waals surface area (Å²) in [7, 11) is 1.74. The summed E-state index contributed by atoms with van der Waals surface area (Å²) in [5.41, 5.74) is 5.56. The van der Waals surface area contributed by atoms with Gasteiger partial charge in [0.1, 0.15) is 5.54 Å². The average Bonchev–Trinajstić information content (AvgIpc) is 2.36. The number of hydrogen-bond acceptors (Lipinski definition) is 3. The molecule has 0 aliphatic carbocycles. The highest BCUT2D eigenvalue weighted by Crippen LogP contribution is 2.24. The van der Waals surface area contributed by atoms with Crippen LogP contribution in [-0.4, -0.2) is 26.2 Å². The molecule has 0 aromatic heterocycles. The standard InChI is InChI=1S/C13H20N2O2/c1-3-17-10-9-13(15-2,12(14)16)11-7-5-4-6-8-11/h4-8,15H,3,9-10H2,1-2H3,(H2,14,16). The van der Waals surface area contributed by atoms with Crippen molar-refractivity contribution >= 4 is 5.91 Å². The van der Waals surface area contributed by atoms with Crippen LogP contribution in [0.3, 0.4) is 0 Å². The number of hydrogen-bond donors (Lipinski definition) is 2. The van der Waals surface area contributed by atoms with Crippen molar-refractivity contribution in [1.29, 1.82) is 0 Å². The van der Waals surface area contributed by atoms with Gasteiger partial charge >= 0.3 is 0 Å². The van der Waals surface area contributed by atoms with Crippen LogP contribution in [0.4, 0.5) is 0 Å². The van der Waals surface area contributed by atoms with Crippen molar-refractivity contribution in [1.82, 2.24) is 5.32 Å². The number of carbonyl (C=O) groups is 1. The minimum absolute atomic E-state index is 0.383. The van der Waals surface area contributed by atoms with Crippen LogP contribution in [0.1, 0.15) is 18.9 Å². The van der Waals surface area contributed by atoms with E-state index in [0.29, 0.717) is 19.6 Å². The number of nitrogens with one attached hydrogen (secondary N) is 1. The molecular weight excluding hydrogens is 216 g/mol. The van der Waals surface area contributed by atoms with Gasteiger partial charge in [-0.25, -0.2) is 0 Å². The van der Waals surface area contributed by atoms with E-state index in [1.54, 1.807) is 7.05 Å². The first-order valence-corrected chi connectivity index (χ1v) is 5.79. The smallest absolute Gasteiger partial charge is 0.242 e. The molecule has 1 aromatic rings. The van der Waals surface area contributed by atoms with Crippen molar-refractivity contribution < 1.29 is 9.53 Å². The molecule has 94 valence electrons. The number of primary amides is 1. The summed E-state index contributed by atoms with van der Waals surface area (Å²) in [5, 5.41) is 3.04. The largest absolute Gasteiger partial charge is 0.382 e. The van der Waals surface area contributed by atoms with E-state index in [4.69, 9.17) is 10.5 Å². The monoisotopic (exact) mass is 236 g/mol. The second kappa shape index (κ2) is 6.37. The van der Waals surface area contributed by atoms with E-state index >= 15 is 0 Å². The second-order valence-corrected chi connectivity index (χ2v) is 3.83. The normalized spacial score (nSPS) is 14.2. The highest BCUT2D eigenvalue weighted by molar-refractivity contribution is 5.86. The van der Waals surface area contributed by atoms with Crippen molar-refractivity contribution in [2.24, 2.45) is 5.73 Å². The Hall–Kier alpha value is -1.39. The van der Waals surface area contributed by atoms with E-state index in [2.05, 4.69) is 5.32 Å². The van der Waals surface area contributed by atoms with E-state index in [9.17, 15) is 4.79 Å². The Labute approximate surface area is 102 Å². The van der Waals surface area contributed by atoms with Crippen LogP contribution >= 0.6 is 0 Å². The summed E-state index contributed by atoms with van der Waals surface area (Å²) in [5.74, 6) is -0.383. The van der Waals surface area contributed by atoms with Crippen LogP contribution in [0.5, 0.6) is 0 Å². The SMILES string of the molecule is CCOCCC(NC)(C(N)=O)c1ccccc1. The minimum atomic E-state index is -0.851. The topological polar surface area (TPSA) is 64.3 Å². The third-order valence-electron chi connectivity index (χ3n) is 2.94. The fraction of sp³-hybridized carbons (Fsp3) is 0.462. The molecule has 0 spiro atoms. The molecule has 0 fully saturated rings. The zero-order valence-electron chi connectivity index (χ0n) is 10.4. The highest BCUT2D eigenvalue weighted by atomic mass is 16.5. The molecule has 4 nitrogen and oxygen atoms in total. The number of nitrogens with two attached hydrogens (primary N) is 1. The van der Waals surface area contributed by atoms with Crippen LogP contribution in [0.25, 0.3) is 0 Å². The van der Waals surface area contributed by atoms with Gasteiger partial charge in [-0.2, -0.15) is 0 Å². The molecule has 1 aromatic carbocycles. The van der Waals surface area contributed by atoms with E-state index in [0.717, 1.165) is 5.56 Å². The summed E-state index contributed by atoms with van der Waals surface area (Å²) in [6, 6.07) is 9.49. The van der Waals surface area contributed by atoms with E-state index in [1.807, 2.05) is 37.3 Å². The van der Waals surface area contributed by atoms with Gasteiger partial charge in [0.25, 0.3) is 0 Å². The first-order valence-electron chi connectivity index (χ1n) is 5.79. The lowest BCUT2D eigenvalue weighted by Crippen LogP contribution is -2.51. The molecule has 0 radical (unpaired) electrons. The van der Waals surface area contributed by atoms with Crippen LogP contribution in [-0.2, 0) is 15.1 Å². The molecule has 1 atom stereocenters. The number of carbonyl (C=O) groups excluding carboxylic acids is 1. The van der Waals surface area contributed by atoms with E-state index in [1.165, 1.54) is 0 Å². The van der Waals surface area contributed by atoms with Gasteiger partial charge in [0, 0.05) is 19.6 Å². The summed E-state index contributed by atoms with van der Waals surface area (Å²) in [6.07, 6.45) is 0.524. The van der Waals surface area contributed by atoms with Crippen molar-refractivity contribution in [3.63, 3.8) is 0 Å². The third-order valence-corrected chi connectivity index (χ3v) is 2.94. The summed E-state index contributed by atoms with van der Waals surface area (Å²) < 4.78 is 5.31. The third kappa shape index (κ3) is 3.05. The zero-order chi connectivity index (χ0) is 12.7. The molecule has 3 N–H and O–H groups in total. The molecule has 1 unspecified atom stereocenters. The maximum absolute atomic E-state index is 11.8. The molecule has 0 aliphatic heterocycles. The lowest BCUT2D eigenvalue weighted by atomic mass is 9.86. The van der Waals surface area contributed by atoms with Gasteiger partial charge in [0.05, 0.1) is 0 Å². The van der Waals surface area contributed by atoms with Crippen LogP contribution < -0.4 is 11.1 Å². The number of amides is 1. The van der Waals surface area contributed by atoms with Gasteiger partial charge in [0.15, 0.2) is 0 Å². The van der Waals surface area contributed by atoms with Crippen molar-refractivity contribution in [3.05, 3.63) is 35.9 Å². The van der Waals surface area contributed by atoms with Gasteiger partial charge < -0.3 is 15.8 Å². The van der Waals surface area contributed by atoms with Crippen molar-refractivity contribution in [2.45, 2.75) is 18.9 Å². The number of likely N-dealkylation sites (N-methyl/N-ethyl adjacent to an activating group) is 1. The fourth-order valence-electron chi connectivity index (χ4n) is 1.89. The molecule has 0 saturated heterocycles. The Morgan fingerprint density at radius 2 is 2.06 bits per heavy atom. The van der Waals surface area contributed by atoms with Crippen LogP contribution in [0, 0.1) is 0 Å². The Balaban J connectivity index is 2.97. The lowest BCUT2D eigenvalue weighted by Gasteiger charge is -2.30. The second-order valence-electron chi connectivity index (χ2n) is 3.83. The number of ether oxygens (including phenoxy) is 1. The molecular formula is C13H20N2O2. The molecule has 17 heavy (non-hydrogen) atoms. The maximum atomic E-state index is 11.8. The molecule has 0 heterocycles. The molecule has 1 rings (SSSR count). The molecule has 0 aliphatic rings. The minimum Gasteiger partial charge on any atom is -0.382 e. The molecule has 1 amide bonds. The first kappa shape index (κ1) is 13.7. The predicted molar refractivity (Wildman–Crippen MR) is 67.5 cm³/mol. The van der Waals surface area contributed by atoms with Gasteiger partial charge in [-0.3, -0.25) is 4.79 Å². The number of rotatable bonds is 7. The molecule has 0 bridgehead atoms. The Morgan fingerprint density at radius 1 is 1.41 bits per heavy atom. The molecule has 0 saturated carbocycles. The highest BCUT2D eigenvalue weighted by Gasteiger charge is 2.36. The van der Waals surface area contributed by atoms with Crippen molar-refractivity contribution in [3.8, 4) is 0 Å². The van der Waals surface area contributed by atoms with E-state index < -0.39 is 5.54 Å². The van der Waals surface area contributed by atoms with E-state index in [-0.39, 0.29) is 5.91 Å². The maximum Gasteiger partial charge on any atom is 0.242 e. The van der Waals surface area contributed by atoms with Crippen LogP contribution in [0.15, 0.2) is 30.3 Å². The van der Waals surface area contributed by atoms with Gasteiger partial charge in [-0.05, 0) is 19.5 Å². The summed E-state index contributed by atoms with van der Waals surface area (Å²) >= 11 is 0. The Morgan fingerprint density at radius 3 is 2.53 bits per heavy atom. The lowest BCUT2D eigenvalue weighted by molar-refractivity contribution is -0.125. The summed E-state index contributed by atoms with van der Waals surface area (Å²) in [4.78, 5) is 11.8. The quantitative estimate of drug-likeness (QED) is 0.695.